The third-order valence-electron chi connectivity index (χ3n) is 5.94. The van der Waals surface area contributed by atoms with E-state index in [9.17, 15) is 23.1 Å². The van der Waals surface area contributed by atoms with Crippen LogP contribution in [0.4, 0.5) is 5.69 Å². The van der Waals surface area contributed by atoms with E-state index in [0.29, 0.717) is 23.1 Å². The van der Waals surface area contributed by atoms with E-state index in [4.69, 9.17) is 4.74 Å². The minimum absolute atomic E-state index is 0.116. The number of aryl methyl sites for hydroxylation is 1. The number of nitrogens with zero attached hydrogens (tertiary/aromatic N) is 3. The number of carbonyl (C=O) groups is 1. The van der Waals surface area contributed by atoms with E-state index in [2.05, 4.69) is 15.6 Å². The molecule has 11 heteroatoms. The number of hydrogen-bond acceptors (Lipinski definition) is 8. The predicted octanol–water partition coefficient (Wildman–Crippen LogP) is 2.77. The van der Waals surface area contributed by atoms with Gasteiger partial charge in [-0.3, -0.25) is 9.59 Å². The maximum atomic E-state index is 13.1. The molecular formula is C26H26N4O6S. The van der Waals surface area contributed by atoms with Crippen LogP contribution in [0.3, 0.4) is 0 Å². The third-order valence-corrected chi connectivity index (χ3v) is 8.06. The second-order valence-corrected chi connectivity index (χ2v) is 10.5. The van der Waals surface area contributed by atoms with Crippen molar-refractivity contribution in [3.05, 3.63) is 88.7 Å². The summed E-state index contributed by atoms with van der Waals surface area (Å²) in [5, 5.41) is 19.2. The average molecular weight is 523 g/mol. The molecule has 1 unspecified atom stereocenters. The number of carboxylic acids is 1. The lowest BCUT2D eigenvalue weighted by Crippen LogP contribution is -2.34. The van der Waals surface area contributed by atoms with E-state index in [1.807, 2.05) is 24.3 Å². The Hall–Kier alpha value is -4.25. The van der Waals surface area contributed by atoms with Crippen LogP contribution in [0.25, 0.3) is 10.9 Å². The highest BCUT2D eigenvalue weighted by Gasteiger charge is 2.34. The summed E-state index contributed by atoms with van der Waals surface area (Å²) in [5.41, 5.74) is 1.73. The fraction of sp³-hybridized carbons (Fsp3) is 0.231. The van der Waals surface area contributed by atoms with Gasteiger partial charge in [-0.1, -0.05) is 29.5 Å². The molecule has 0 amide bonds. The van der Waals surface area contributed by atoms with Crippen molar-refractivity contribution in [2.24, 2.45) is 0 Å². The van der Waals surface area contributed by atoms with Crippen LogP contribution in [0.1, 0.15) is 12.0 Å². The van der Waals surface area contributed by atoms with E-state index in [1.54, 1.807) is 43.5 Å². The van der Waals surface area contributed by atoms with Crippen LogP contribution in [0.5, 0.6) is 5.75 Å². The van der Waals surface area contributed by atoms with Crippen molar-refractivity contribution in [2.75, 3.05) is 19.0 Å². The van der Waals surface area contributed by atoms with E-state index in [1.165, 1.54) is 12.1 Å². The molecule has 1 aromatic heterocycles. The Morgan fingerprint density at radius 1 is 1.08 bits per heavy atom. The Morgan fingerprint density at radius 3 is 2.57 bits per heavy atom. The zero-order chi connectivity index (χ0) is 26.4. The average Bonchev–Trinajstić information content (AvgIpc) is 2.90. The number of anilines is 1. The van der Waals surface area contributed by atoms with Crippen molar-refractivity contribution in [3.8, 4) is 5.75 Å². The maximum absolute atomic E-state index is 13.1. The molecule has 0 spiro atoms. The first kappa shape index (κ1) is 25.8. The lowest BCUT2D eigenvalue weighted by Gasteiger charge is -2.15. The highest BCUT2D eigenvalue weighted by molar-refractivity contribution is 7.92. The van der Waals surface area contributed by atoms with Crippen molar-refractivity contribution in [2.45, 2.75) is 29.5 Å². The minimum atomic E-state index is -4.22. The highest BCUT2D eigenvalue weighted by Crippen LogP contribution is 2.22. The summed E-state index contributed by atoms with van der Waals surface area (Å²) in [6, 6.07) is 20.3. The standard InChI is InChI=1S/C26H26N4O6S/c1-36-20-6-4-5-18(17-20)13-15-27-19-9-11-21(12-10-19)37(34,35)24(26(32)33)14-16-30-25(31)22-7-2-3-8-23(22)28-29-30/h2-12,17,24,27H,13-16H2,1H3,(H,32,33). The first-order valence-electron chi connectivity index (χ1n) is 11.6. The Balaban J connectivity index is 1.42. The van der Waals surface area contributed by atoms with Gasteiger partial charge in [-0.2, -0.15) is 0 Å². The molecule has 0 saturated heterocycles. The van der Waals surface area contributed by atoms with Gasteiger partial charge in [0.2, 0.25) is 0 Å². The van der Waals surface area contributed by atoms with E-state index >= 15 is 0 Å². The van der Waals surface area contributed by atoms with Crippen LogP contribution in [-0.4, -0.2) is 53.4 Å². The first-order chi connectivity index (χ1) is 17.8. The van der Waals surface area contributed by atoms with Gasteiger partial charge < -0.3 is 15.2 Å². The molecule has 2 N–H and O–H groups in total. The molecule has 0 aliphatic carbocycles. The van der Waals surface area contributed by atoms with Gasteiger partial charge in [0, 0.05) is 18.8 Å². The fourth-order valence-corrected chi connectivity index (χ4v) is 5.45. The SMILES string of the molecule is COc1cccc(CCNc2ccc(S(=O)(=O)C(CCn3nnc4ccccc4c3=O)C(=O)O)cc2)c1. The second kappa shape index (κ2) is 11.2. The molecule has 3 aromatic carbocycles. The summed E-state index contributed by atoms with van der Waals surface area (Å²) in [6.07, 6.45) is 0.389. The van der Waals surface area contributed by atoms with Gasteiger partial charge in [-0.25, -0.2) is 13.1 Å². The number of nitrogens with one attached hydrogen (secondary N) is 1. The van der Waals surface area contributed by atoms with Crippen LogP contribution in [-0.2, 0) is 27.6 Å². The zero-order valence-corrected chi connectivity index (χ0v) is 20.9. The topological polar surface area (TPSA) is 140 Å². The third kappa shape index (κ3) is 5.95. The number of aliphatic carboxylic acids is 1. The Kier molecular flexibility index (Phi) is 7.83. The Bertz CT molecular complexity index is 1570. The molecular weight excluding hydrogens is 496 g/mol. The van der Waals surface area contributed by atoms with Gasteiger partial charge in [0.15, 0.2) is 15.1 Å². The lowest BCUT2D eigenvalue weighted by atomic mass is 10.1. The van der Waals surface area contributed by atoms with Crippen LogP contribution < -0.4 is 15.6 Å². The van der Waals surface area contributed by atoms with Gasteiger partial charge >= 0.3 is 5.97 Å². The van der Waals surface area contributed by atoms with Gasteiger partial charge in [-0.05, 0) is 66.9 Å². The molecule has 0 radical (unpaired) electrons. The number of rotatable bonds is 11. The van der Waals surface area contributed by atoms with Crippen LogP contribution in [0.2, 0.25) is 0 Å². The summed E-state index contributed by atoms with van der Waals surface area (Å²) in [4.78, 5) is 24.4. The minimum Gasteiger partial charge on any atom is -0.497 e. The smallest absolute Gasteiger partial charge is 0.322 e. The number of methoxy groups -OCH3 is 1. The molecule has 192 valence electrons. The van der Waals surface area contributed by atoms with E-state index < -0.39 is 26.6 Å². The van der Waals surface area contributed by atoms with Crippen molar-refractivity contribution >= 4 is 32.4 Å². The number of aromatic nitrogens is 3. The van der Waals surface area contributed by atoms with Crippen LogP contribution in [0.15, 0.2) is 82.5 Å². The molecule has 10 nitrogen and oxygen atoms in total. The van der Waals surface area contributed by atoms with Gasteiger partial charge in [0.25, 0.3) is 5.56 Å². The summed E-state index contributed by atoms with van der Waals surface area (Å²) in [7, 11) is -2.61. The molecule has 0 bridgehead atoms. The molecule has 1 heterocycles. The zero-order valence-electron chi connectivity index (χ0n) is 20.1. The van der Waals surface area contributed by atoms with Gasteiger partial charge in [-0.15, -0.1) is 5.10 Å². The number of fused-ring (bicyclic) bond motifs is 1. The molecule has 0 saturated carbocycles. The molecule has 4 rings (SSSR count). The number of hydrogen-bond donors (Lipinski definition) is 2. The quantitative estimate of drug-likeness (QED) is 0.304. The normalized spacial score (nSPS) is 12.2. The van der Waals surface area contributed by atoms with Crippen LogP contribution in [0, 0.1) is 0 Å². The van der Waals surface area contributed by atoms with Crippen molar-refractivity contribution in [1.82, 2.24) is 15.0 Å². The summed E-state index contributed by atoms with van der Waals surface area (Å²) >= 11 is 0. The highest BCUT2D eigenvalue weighted by atomic mass is 32.2. The molecule has 0 aliphatic heterocycles. The lowest BCUT2D eigenvalue weighted by molar-refractivity contribution is -0.136. The molecule has 0 aliphatic rings. The number of sulfone groups is 1. The van der Waals surface area contributed by atoms with E-state index in [0.717, 1.165) is 22.4 Å². The number of benzene rings is 3. The predicted molar refractivity (Wildman–Crippen MR) is 139 cm³/mol. The van der Waals surface area contributed by atoms with Gasteiger partial charge in [0.1, 0.15) is 11.3 Å². The van der Waals surface area contributed by atoms with Crippen molar-refractivity contribution in [1.29, 1.82) is 0 Å². The summed E-state index contributed by atoms with van der Waals surface area (Å²) < 4.78 is 32.5. The second-order valence-electron chi connectivity index (χ2n) is 8.35. The fourth-order valence-electron chi connectivity index (χ4n) is 3.93. The first-order valence-corrected chi connectivity index (χ1v) is 13.1. The summed E-state index contributed by atoms with van der Waals surface area (Å²) in [5.74, 6) is -0.722. The Labute approximate surface area is 213 Å². The molecule has 4 aromatic rings. The molecule has 0 fully saturated rings. The monoisotopic (exact) mass is 522 g/mol. The summed E-state index contributed by atoms with van der Waals surface area (Å²) in [6.45, 7) is 0.398. The largest absolute Gasteiger partial charge is 0.497 e. The number of ether oxygens (including phenoxy) is 1. The van der Waals surface area contributed by atoms with Crippen LogP contribution >= 0.6 is 0 Å². The number of carboxylic acid groups (broad SMARTS) is 1. The van der Waals surface area contributed by atoms with Crippen molar-refractivity contribution < 1.29 is 23.1 Å². The molecule has 37 heavy (non-hydrogen) atoms. The van der Waals surface area contributed by atoms with E-state index in [-0.39, 0.29) is 17.9 Å². The maximum Gasteiger partial charge on any atom is 0.322 e. The Morgan fingerprint density at radius 2 is 1.84 bits per heavy atom. The van der Waals surface area contributed by atoms with Gasteiger partial charge in [0.05, 0.1) is 17.4 Å². The molecule has 1 atom stereocenters. The van der Waals surface area contributed by atoms with Crippen molar-refractivity contribution in [3.63, 3.8) is 0 Å².